The minimum Gasteiger partial charge on any atom is -0.467 e. The van der Waals surface area contributed by atoms with Crippen LogP contribution in [0.5, 0.6) is 0 Å². The summed E-state index contributed by atoms with van der Waals surface area (Å²) in [6.45, 7) is 4.01. The van der Waals surface area contributed by atoms with Gasteiger partial charge in [-0.1, -0.05) is 26.7 Å². The van der Waals surface area contributed by atoms with Gasteiger partial charge in [0.1, 0.15) is 6.04 Å². The standard InChI is InChI=1S/C13H24N2O3/c1-9(2)8-11(12(16)18-3)15-13(17)14-10-6-4-5-7-10/h9-11H,4-8H2,1-3H3,(H2,14,15,17)/t11-/m1/s1. The first kappa shape index (κ1) is 14.8. The van der Waals surface area contributed by atoms with Crippen LogP contribution in [0, 0.1) is 5.92 Å². The quantitative estimate of drug-likeness (QED) is 0.737. The van der Waals surface area contributed by atoms with E-state index in [0.29, 0.717) is 12.3 Å². The van der Waals surface area contributed by atoms with Crippen molar-refractivity contribution < 1.29 is 14.3 Å². The molecule has 1 fully saturated rings. The lowest BCUT2D eigenvalue weighted by Crippen LogP contribution is -2.49. The van der Waals surface area contributed by atoms with Gasteiger partial charge in [0.25, 0.3) is 0 Å². The predicted octanol–water partition coefficient (Wildman–Crippen LogP) is 1.82. The second-order valence-corrected chi connectivity index (χ2v) is 5.30. The largest absolute Gasteiger partial charge is 0.467 e. The summed E-state index contributed by atoms with van der Waals surface area (Å²) in [5.74, 6) is -0.0637. The van der Waals surface area contributed by atoms with Crippen molar-refractivity contribution in [3.63, 3.8) is 0 Å². The molecule has 0 heterocycles. The third-order valence-electron chi connectivity index (χ3n) is 3.19. The third kappa shape index (κ3) is 4.94. The van der Waals surface area contributed by atoms with Crippen LogP contribution in [0.2, 0.25) is 0 Å². The Bertz CT molecular complexity index is 286. The smallest absolute Gasteiger partial charge is 0.328 e. The molecule has 0 radical (unpaired) electrons. The molecule has 5 nitrogen and oxygen atoms in total. The number of methoxy groups -OCH3 is 1. The topological polar surface area (TPSA) is 67.4 Å². The normalized spacial score (nSPS) is 17.6. The maximum atomic E-state index is 11.8. The van der Waals surface area contributed by atoms with Crippen LogP contribution in [-0.4, -0.2) is 31.2 Å². The van der Waals surface area contributed by atoms with Crippen molar-refractivity contribution in [2.75, 3.05) is 7.11 Å². The van der Waals surface area contributed by atoms with Crippen molar-refractivity contribution >= 4 is 12.0 Å². The van der Waals surface area contributed by atoms with Crippen molar-refractivity contribution in [3.8, 4) is 0 Å². The van der Waals surface area contributed by atoms with E-state index in [0.717, 1.165) is 25.7 Å². The fraction of sp³-hybridized carbons (Fsp3) is 0.846. The molecule has 0 aromatic rings. The highest BCUT2D eigenvalue weighted by molar-refractivity contribution is 5.83. The van der Waals surface area contributed by atoms with Crippen LogP contribution in [0.25, 0.3) is 0 Å². The van der Waals surface area contributed by atoms with Gasteiger partial charge >= 0.3 is 12.0 Å². The molecule has 5 heteroatoms. The summed E-state index contributed by atoms with van der Waals surface area (Å²) in [6, 6.07) is -0.573. The zero-order chi connectivity index (χ0) is 13.5. The molecular weight excluding hydrogens is 232 g/mol. The summed E-state index contributed by atoms with van der Waals surface area (Å²) in [4.78, 5) is 23.3. The van der Waals surface area contributed by atoms with Crippen LogP contribution in [-0.2, 0) is 9.53 Å². The van der Waals surface area contributed by atoms with Gasteiger partial charge in [0.2, 0.25) is 0 Å². The summed E-state index contributed by atoms with van der Waals surface area (Å²) in [5, 5.41) is 5.61. The molecule has 1 aliphatic carbocycles. The highest BCUT2D eigenvalue weighted by atomic mass is 16.5. The summed E-state index contributed by atoms with van der Waals surface area (Å²) in [5.41, 5.74) is 0. The number of hydrogen-bond acceptors (Lipinski definition) is 3. The van der Waals surface area contributed by atoms with Gasteiger partial charge in [-0.3, -0.25) is 0 Å². The fourth-order valence-electron chi connectivity index (χ4n) is 2.28. The molecule has 0 saturated heterocycles. The number of esters is 1. The lowest BCUT2D eigenvalue weighted by molar-refractivity contribution is -0.143. The molecular formula is C13H24N2O3. The third-order valence-corrected chi connectivity index (χ3v) is 3.19. The number of urea groups is 1. The first-order valence-electron chi connectivity index (χ1n) is 6.67. The van der Waals surface area contributed by atoms with Gasteiger partial charge in [0.05, 0.1) is 7.11 Å². The molecule has 1 saturated carbocycles. The van der Waals surface area contributed by atoms with E-state index in [-0.39, 0.29) is 18.0 Å². The Morgan fingerprint density at radius 1 is 1.28 bits per heavy atom. The Kier molecular flexibility index (Phi) is 5.95. The van der Waals surface area contributed by atoms with E-state index < -0.39 is 6.04 Å². The minimum atomic E-state index is -0.559. The van der Waals surface area contributed by atoms with Gasteiger partial charge in [-0.25, -0.2) is 9.59 Å². The minimum absolute atomic E-state index is 0.252. The van der Waals surface area contributed by atoms with E-state index in [1.54, 1.807) is 0 Å². The van der Waals surface area contributed by atoms with Gasteiger partial charge in [-0.2, -0.15) is 0 Å². The highest BCUT2D eigenvalue weighted by Crippen LogP contribution is 2.17. The molecule has 1 atom stereocenters. The maximum Gasteiger partial charge on any atom is 0.328 e. The second-order valence-electron chi connectivity index (χ2n) is 5.30. The van der Waals surface area contributed by atoms with Crippen molar-refractivity contribution in [1.82, 2.24) is 10.6 Å². The van der Waals surface area contributed by atoms with Crippen LogP contribution in [0.4, 0.5) is 4.79 Å². The number of hydrogen-bond donors (Lipinski definition) is 2. The van der Waals surface area contributed by atoms with Crippen LogP contribution in [0.3, 0.4) is 0 Å². The summed E-state index contributed by atoms with van der Waals surface area (Å²) in [6.07, 6.45) is 4.97. The molecule has 0 unspecified atom stereocenters. The SMILES string of the molecule is COC(=O)[C@@H](CC(C)C)NC(=O)NC1CCCC1. The summed E-state index contributed by atoms with van der Waals surface area (Å²) < 4.78 is 4.70. The van der Waals surface area contributed by atoms with Crippen molar-refractivity contribution in [2.45, 2.75) is 58.0 Å². The van der Waals surface area contributed by atoms with Crippen molar-refractivity contribution in [2.24, 2.45) is 5.92 Å². The molecule has 2 N–H and O–H groups in total. The predicted molar refractivity (Wildman–Crippen MR) is 69.2 cm³/mol. The van der Waals surface area contributed by atoms with E-state index >= 15 is 0 Å². The monoisotopic (exact) mass is 256 g/mol. The van der Waals surface area contributed by atoms with Crippen LogP contribution in [0.1, 0.15) is 46.0 Å². The maximum absolute atomic E-state index is 11.8. The van der Waals surface area contributed by atoms with E-state index in [1.807, 2.05) is 13.8 Å². The molecule has 104 valence electrons. The van der Waals surface area contributed by atoms with Crippen LogP contribution in [0.15, 0.2) is 0 Å². The average molecular weight is 256 g/mol. The summed E-state index contributed by atoms with van der Waals surface area (Å²) >= 11 is 0. The second kappa shape index (κ2) is 7.24. The Balaban J connectivity index is 2.42. The molecule has 0 aliphatic heterocycles. The molecule has 0 spiro atoms. The van der Waals surface area contributed by atoms with E-state index in [1.165, 1.54) is 7.11 Å². The Morgan fingerprint density at radius 2 is 1.89 bits per heavy atom. The first-order chi connectivity index (χ1) is 8.52. The Hall–Kier alpha value is -1.26. The molecule has 1 aliphatic rings. The molecule has 0 aromatic heterocycles. The van der Waals surface area contributed by atoms with Crippen LogP contribution < -0.4 is 10.6 Å². The summed E-state index contributed by atoms with van der Waals surface area (Å²) in [7, 11) is 1.34. The van der Waals surface area contributed by atoms with Gasteiger partial charge < -0.3 is 15.4 Å². The van der Waals surface area contributed by atoms with E-state index in [2.05, 4.69) is 10.6 Å². The van der Waals surface area contributed by atoms with Gasteiger partial charge in [-0.15, -0.1) is 0 Å². The fourth-order valence-corrected chi connectivity index (χ4v) is 2.28. The molecule has 18 heavy (non-hydrogen) atoms. The molecule has 0 bridgehead atoms. The number of carbonyl (C=O) groups is 2. The van der Waals surface area contributed by atoms with Gasteiger partial charge in [0, 0.05) is 6.04 Å². The van der Waals surface area contributed by atoms with E-state index in [4.69, 9.17) is 4.74 Å². The Morgan fingerprint density at radius 3 is 2.39 bits per heavy atom. The van der Waals surface area contributed by atoms with Gasteiger partial charge in [-0.05, 0) is 25.2 Å². The number of carbonyl (C=O) groups excluding carboxylic acids is 2. The molecule has 0 aromatic carbocycles. The highest BCUT2D eigenvalue weighted by Gasteiger charge is 2.24. The zero-order valence-corrected chi connectivity index (χ0v) is 11.5. The number of ether oxygens (including phenoxy) is 1. The first-order valence-corrected chi connectivity index (χ1v) is 6.67. The van der Waals surface area contributed by atoms with Crippen molar-refractivity contribution in [1.29, 1.82) is 0 Å². The molecule has 1 rings (SSSR count). The zero-order valence-electron chi connectivity index (χ0n) is 11.5. The van der Waals surface area contributed by atoms with Gasteiger partial charge in [0.15, 0.2) is 0 Å². The molecule has 2 amide bonds. The number of amides is 2. The number of rotatable bonds is 5. The van der Waals surface area contributed by atoms with Crippen molar-refractivity contribution in [3.05, 3.63) is 0 Å². The van der Waals surface area contributed by atoms with E-state index in [9.17, 15) is 9.59 Å². The lowest BCUT2D eigenvalue weighted by Gasteiger charge is -2.20. The number of nitrogens with one attached hydrogen (secondary N) is 2. The van der Waals surface area contributed by atoms with Crippen LogP contribution >= 0.6 is 0 Å². The lowest BCUT2D eigenvalue weighted by atomic mass is 10.0. The Labute approximate surface area is 109 Å². The average Bonchev–Trinajstić information content (AvgIpc) is 2.79.